The maximum Gasteiger partial charge on any atom is 0.433 e. The normalized spacial score (nSPS) is 15.4. The Morgan fingerprint density at radius 2 is 1.96 bits per heavy atom. The van der Waals surface area contributed by atoms with Gasteiger partial charge < -0.3 is 0 Å². The number of nitrogens with one attached hydrogen (secondary N) is 1. The molecule has 0 aliphatic carbocycles. The molecule has 1 aliphatic heterocycles. The highest BCUT2D eigenvalue weighted by molar-refractivity contribution is 5.85. The minimum Gasteiger partial charge on any atom is -0.298 e. The molecule has 4 rings (SSSR count). The minimum atomic E-state index is -4.53. The Hall–Kier alpha value is -2.81. The standard InChI is InChI=1S/C19H18F3N5O/c20-19(21,22)18-15(10-24-26-18)12-3-4-13-9-23-17(25-16(13)7-12)8-14(28)11-27-5-1-2-6-27/h3-4,7,9-10H,1-2,5-6,8,11H2,(H,24,26). The van der Waals surface area contributed by atoms with Crippen LogP contribution in [0.1, 0.15) is 24.4 Å². The van der Waals surface area contributed by atoms with E-state index in [0.29, 0.717) is 28.8 Å². The van der Waals surface area contributed by atoms with Gasteiger partial charge in [-0.05, 0) is 37.6 Å². The van der Waals surface area contributed by atoms with E-state index in [9.17, 15) is 18.0 Å². The highest BCUT2D eigenvalue weighted by Crippen LogP contribution is 2.35. The van der Waals surface area contributed by atoms with E-state index in [1.54, 1.807) is 24.4 Å². The molecule has 0 unspecified atom stereocenters. The molecule has 0 radical (unpaired) electrons. The van der Waals surface area contributed by atoms with Gasteiger partial charge in [-0.3, -0.25) is 14.8 Å². The number of carbonyl (C=O) groups is 1. The SMILES string of the molecule is O=C(Cc1ncc2ccc(-c3cn[nH]c3C(F)(F)F)cc2n1)CN1CCCC1. The molecule has 1 N–H and O–H groups in total. The van der Waals surface area contributed by atoms with Crippen molar-refractivity contribution >= 4 is 16.7 Å². The van der Waals surface area contributed by atoms with Crippen molar-refractivity contribution in [3.63, 3.8) is 0 Å². The van der Waals surface area contributed by atoms with Gasteiger partial charge in [-0.2, -0.15) is 18.3 Å². The summed E-state index contributed by atoms with van der Waals surface area (Å²) < 4.78 is 39.4. The molecule has 6 nitrogen and oxygen atoms in total. The van der Waals surface area contributed by atoms with Gasteiger partial charge in [0.25, 0.3) is 0 Å². The Bertz CT molecular complexity index is 1010. The van der Waals surface area contributed by atoms with Gasteiger partial charge in [0.05, 0.1) is 24.7 Å². The van der Waals surface area contributed by atoms with Crippen LogP contribution in [0.5, 0.6) is 0 Å². The summed E-state index contributed by atoms with van der Waals surface area (Å²) in [5.41, 5.74) is -0.103. The third-order valence-corrected chi connectivity index (χ3v) is 4.82. The summed E-state index contributed by atoms with van der Waals surface area (Å²) in [6, 6.07) is 4.79. The van der Waals surface area contributed by atoms with Crippen LogP contribution in [0.2, 0.25) is 0 Å². The molecule has 0 spiro atoms. The van der Waals surface area contributed by atoms with Crippen molar-refractivity contribution < 1.29 is 18.0 Å². The van der Waals surface area contributed by atoms with E-state index in [-0.39, 0.29) is 17.8 Å². The molecule has 0 amide bonds. The first kappa shape index (κ1) is 18.5. The number of aromatic nitrogens is 4. The lowest BCUT2D eigenvalue weighted by Gasteiger charge is -2.12. The summed E-state index contributed by atoms with van der Waals surface area (Å²) in [5.74, 6) is 0.406. The van der Waals surface area contributed by atoms with Crippen molar-refractivity contribution in [3.05, 3.63) is 42.1 Å². The van der Waals surface area contributed by atoms with Crippen molar-refractivity contribution in [1.82, 2.24) is 25.1 Å². The van der Waals surface area contributed by atoms with Gasteiger partial charge >= 0.3 is 6.18 Å². The Balaban J connectivity index is 1.59. The molecule has 3 aromatic rings. The van der Waals surface area contributed by atoms with Crippen molar-refractivity contribution in [2.75, 3.05) is 19.6 Å². The quantitative estimate of drug-likeness (QED) is 0.725. The molecule has 1 aromatic carbocycles. The van der Waals surface area contributed by atoms with E-state index in [0.717, 1.165) is 32.1 Å². The number of halogens is 3. The molecule has 0 bridgehead atoms. The van der Waals surface area contributed by atoms with E-state index in [4.69, 9.17) is 0 Å². The van der Waals surface area contributed by atoms with Gasteiger partial charge in [-0.1, -0.05) is 12.1 Å². The zero-order valence-corrected chi connectivity index (χ0v) is 15.0. The number of ketones is 1. The number of hydrogen-bond acceptors (Lipinski definition) is 5. The number of Topliss-reactive ketones (excluding diaryl/α,β-unsaturated/α-hetero) is 1. The third kappa shape index (κ3) is 3.89. The van der Waals surface area contributed by atoms with Gasteiger partial charge in [-0.15, -0.1) is 0 Å². The maximum absolute atomic E-state index is 13.1. The predicted octanol–water partition coefficient (Wildman–Crippen LogP) is 3.25. The van der Waals surface area contributed by atoms with E-state index in [2.05, 4.69) is 20.0 Å². The van der Waals surface area contributed by atoms with E-state index >= 15 is 0 Å². The van der Waals surface area contributed by atoms with Gasteiger partial charge in [-0.25, -0.2) is 9.97 Å². The monoisotopic (exact) mass is 389 g/mol. The zero-order valence-electron chi connectivity index (χ0n) is 15.0. The van der Waals surface area contributed by atoms with Crippen LogP contribution in [0.25, 0.3) is 22.0 Å². The topological polar surface area (TPSA) is 74.8 Å². The Morgan fingerprint density at radius 1 is 1.18 bits per heavy atom. The fourth-order valence-electron chi connectivity index (χ4n) is 3.46. The molecular weight excluding hydrogens is 371 g/mol. The van der Waals surface area contributed by atoms with Crippen LogP contribution in [0.15, 0.2) is 30.6 Å². The van der Waals surface area contributed by atoms with Crippen LogP contribution < -0.4 is 0 Å². The van der Waals surface area contributed by atoms with Crippen LogP contribution in [-0.4, -0.2) is 50.5 Å². The Kier molecular flexibility index (Phi) is 4.84. The second kappa shape index (κ2) is 7.31. The summed E-state index contributed by atoms with van der Waals surface area (Å²) in [5, 5.41) is 6.22. The molecule has 1 saturated heterocycles. The number of hydrogen-bond donors (Lipinski definition) is 1. The second-order valence-electron chi connectivity index (χ2n) is 6.91. The first-order chi connectivity index (χ1) is 13.4. The summed E-state index contributed by atoms with van der Waals surface area (Å²) in [4.78, 5) is 23.0. The molecule has 0 atom stereocenters. The van der Waals surface area contributed by atoms with Crippen molar-refractivity contribution in [2.45, 2.75) is 25.4 Å². The minimum absolute atomic E-state index is 0.0339. The number of alkyl halides is 3. The smallest absolute Gasteiger partial charge is 0.298 e. The first-order valence-electron chi connectivity index (χ1n) is 9.01. The van der Waals surface area contributed by atoms with Crippen molar-refractivity contribution in [1.29, 1.82) is 0 Å². The van der Waals surface area contributed by atoms with Gasteiger partial charge in [0, 0.05) is 17.1 Å². The second-order valence-corrected chi connectivity index (χ2v) is 6.91. The Labute approximate surface area is 158 Å². The van der Waals surface area contributed by atoms with Crippen LogP contribution in [-0.2, 0) is 17.4 Å². The van der Waals surface area contributed by atoms with Crippen molar-refractivity contribution in [3.8, 4) is 11.1 Å². The molecule has 1 fully saturated rings. The van der Waals surface area contributed by atoms with Crippen LogP contribution in [0.3, 0.4) is 0 Å². The van der Waals surface area contributed by atoms with Crippen LogP contribution in [0.4, 0.5) is 13.2 Å². The fourth-order valence-corrected chi connectivity index (χ4v) is 3.46. The third-order valence-electron chi connectivity index (χ3n) is 4.82. The number of carbonyl (C=O) groups excluding carboxylic acids is 1. The summed E-state index contributed by atoms with van der Waals surface area (Å²) in [6.07, 6.45) is 0.527. The number of H-pyrrole nitrogens is 1. The van der Waals surface area contributed by atoms with E-state index in [1.165, 1.54) is 0 Å². The maximum atomic E-state index is 13.1. The molecule has 28 heavy (non-hydrogen) atoms. The summed E-state index contributed by atoms with van der Waals surface area (Å²) in [7, 11) is 0. The molecule has 9 heteroatoms. The molecule has 3 heterocycles. The average Bonchev–Trinajstić information content (AvgIpc) is 3.32. The molecule has 0 saturated carbocycles. The highest BCUT2D eigenvalue weighted by Gasteiger charge is 2.35. The van der Waals surface area contributed by atoms with Crippen molar-refractivity contribution in [2.24, 2.45) is 0 Å². The van der Waals surface area contributed by atoms with Gasteiger partial charge in [0.15, 0.2) is 5.78 Å². The number of fused-ring (bicyclic) bond motifs is 1. The highest BCUT2D eigenvalue weighted by atomic mass is 19.4. The van der Waals surface area contributed by atoms with Crippen LogP contribution in [0, 0.1) is 0 Å². The fraction of sp³-hybridized carbons (Fsp3) is 0.368. The van der Waals surface area contributed by atoms with E-state index in [1.807, 2.05) is 5.10 Å². The largest absolute Gasteiger partial charge is 0.433 e. The zero-order chi connectivity index (χ0) is 19.7. The lowest BCUT2D eigenvalue weighted by atomic mass is 10.0. The van der Waals surface area contributed by atoms with E-state index < -0.39 is 11.9 Å². The molecule has 1 aliphatic rings. The number of rotatable bonds is 5. The first-order valence-corrected chi connectivity index (χ1v) is 9.01. The summed E-state index contributed by atoms with van der Waals surface area (Å²) >= 11 is 0. The lowest BCUT2D eigenvalue weighted by Crippen LogP contribution is -2.28. The average molecular weight is 389 g/mol. The van der Waals surface area contributed by atoms with Gasteiger partial charge in [0.1, 0.15) is 11.5 Å². The lowest BCUT2D eigenvalue weighted by molar-refractivity contribution is -0.140. The molecular formula is C19H18F3N5O. The van der Waals surface area contributed by atoms with Crippen LogP contribution >= 0.6 is 0 Å². The molecule has 2 aromatic heterocycles. The number of likely N-dealkylation sites (tertiary alicyclic amines) is 1. The number of aromatic amines is 1. The molecule has 146 valence electrons. The number of nitrogens with zero attached hydrogens (tertiary/aromatic N) is 4. The Morgan fingerprint density at radius 3 is 2.71 bits per heavy atom. The summed E-state index contributed by atoms with van der Waals surface area (Å²) in [6.45, 7) is 2.24. The predicted molar refractivity (Wildman–Crippen MR) is 96.5 cm³/mol. The number of benzene rings is 1. The van der Waals surface area contributed by atoms with Gasteiger partial charge in [0.2, 0.25) is 0 Å².